The Morgan fingerprint density at radius 2 is 1.85 bits per heavy atom. The van der Waals surface area contributed by atoms with E-state index in [0.29, 0.717) is 23.1 Å². The average molecular weight is 381 g/mol. The van der Waals surface area contributed by atoms with E-state index in [2.05, 4.69) is 10.5 Å². The Morgan fingerprint density at radius 1 is 1.07 bits per heavy atom. The zero-order valence-corrected chi connectivity index (χ0v) is 15.1. The van der Waals surface area contributed by atoms with Crippen LogP contribution in [0, 0.1) is 0 Å². The van der Waals surface area contributed by atoms with Crippen LogP contribution in [0.5, 0.6) is 5.75 Å². The molecule has 3 rings (SSSR count). The zero-order chi connectivity index (χ0) is 19.1. The number of ether oxygens (including phenoxy) is 1. The van der Waals surface area contributed by atoms with Gasteiger partial charge in [-0.2, -0.15) is 5.10 Å². The van der Waals surface area contributed by atoms with E-state index in [-0.39, 0.29) is 5.56 Å². The van der Waals surface area contributed by atoms with Crippen LogP contribution < -0.4 is 10.2 Å². The van der Waals surface area contributed by atoms with Crippen molar-refractivity contribution < 1.29 is 14.6 Å². The molecule has 0 saturated carbocycles. The minimum atomic E-state index is -1.02. The molecule has 0 fully saturated rings. The Labute approximate surface area is 161 Å². The molecule has 3 aromatic carbocycles. The van der Waals surface area contributed by atoms with Crippen molar-refractivity contribution in [3.63, 3.8) is 0 Å². The number of aromatic carboxylic acids is 1. The van der Waals surface area contributed by atoms with Crippen LogP contribution in [0.2, 0.25) is 5.02 Å². The van der Waals surface area contributed by atoms with E-state index in [1.807, 2.05) is 48.5 Å². The van der Waals surface area contributed by atoms with Crippen LogP contribution in [0.15, 0.2) is 77.9 Å². The van der Waals surface area contributed by atoms with Crippen molar-refractivity contribution in [2.75, 3.05) is 5.43 Å². The lowest BCUT2D eigenvalue weighted by atomic mass is 10.2. The van der Waals surface area contributed by atoms with Gasteiger partial charge in [0.2, 0.25) is 0 Å². The number of nitrogens with zero attached hydrogens (tertiary/aromatic N) is 1. The van der Waals surface area contributed by atoms with Crippen LogP contribution in [0.25, 0.3) is 0 Å². The number of carboxylic acids is 1. The van der Waals surface area contributed by atoms with Crippen molar-refractivity contribution in [1.82, 2.24) is 0 Å². The number of carboxylic acid groups (broad SMARTS) is 1. The van der Waals surface area contributed by atoms with Crippen LogP contribution in [0.4, 0.5) is 5.69 Å². The van der Waals surface area contributed by atoms with Gasteiger partial charge in [0.1, 0.15) is 12.4 Å². The van der Waals surface area contributed by atoms with E-state index >= 15 is 0 Å². The van der Waals surface area contributed by atoms with E-state index in [1.54, 1.807) is 24.4 Å². The molecule has 0 atom stereocenters. The van der Waals surface area contributed by atoms with Gasteiger partial charge < -0.3 is 9.84 Å². The Balaban J connectivity index is 1.71. The molecule has 0 bridgehead atoms. The summed E-state index contributed by atoms with van der Waals surface area (Å²) in [6.07, 6.45) is 1.59. The first-order valence-electron chi connectivity index (χ1n) is 8.21. The summed E-state index contributed by atoms with van der Waals surface area (Å²) in [5.41, 5.74) is 5.06. The van der Waals surface area contributed by atoms with Crippen molar-refractivity contribution in [2.45, 2.75) is 6.61 Å². The number of halogens is 1. The van der Waals surface area contributed by atoms with Gasteiger partial charge in [0.05, 0.1) is 17.5 Å². The minimum absolute atomic E-state index is 0.153. The summed E-state index contributed by atoms with van der Waals surface area (Å²) in [6, 6.07) is 21.5. The van der Waals surface area contributed by atoms with Gasteiger partial charge in [-0.15, -0.1) is 0 Å². The fraction of sp³-hybridized carbons (Fsp3) is 0.0476. The lowest BCUT2D eigenvalue weighted by Crippen LogP contribution is -2.02. The third-order valence-corrected chi connectivity index (χ3v) is 3.98. The van der Waals surface area contributed by atoms with Gasteiger partial charge in [0.15, 0.2) is 0 Å². The van der Waals surface area contributed by atoms with Gasteiger partial charge in [-0.05, 0) is 42.0 Å². The molecule has 3 aromatic rings. The fourth-order valence-electron chi connectivity index (χ4n) is 2.44. The molecular formula is C21H17ClN2O3. The molecule has 0 aliphatic heterocycles. The molecule has 0 radical (unpaired) electrons. The molecule has 0 unspecified atom stereocenters. The number of hydrogen-bond acceptors (Lipinski definition) is 4. The minimum Gasteiger partial charge on any atom is -0.488 e. The second-order valence-electron chi connectivity index (χ2n) is 5.68. The van der Waals surface area contributed by atoms with Crippen LogP contribution >= 0.6 is 11.6 Å². The summed E-state index contributed by atoms with van der Waals surface area (Å²) >= 11 is 5.99. The van der Waals surface area contributed by atoms with E-state index < -0.39 is 5.97 Å². The largest absolute Gasteiger partial charge is 0.488 e. The summed E-state index contributed by atoms with van der Waals surface area (Å²) in [7, 11) is 0. The van der Waals surface area contributed by atoms with Gasteiger partial charge in [0, 0.05) is 10.6 Å². The maximum atomic E-state index is 11.2. The highest BCUT2D eigenvalue weighted by Crippen LogP contribution is 2.19. The van der Waals surface area contributed by atoms with Crippen molar-refractivity contribution in [3.8, 4) is 5.75 Å². The zero-order valence-electron chi connectivity index (χ0n) is 14.3. The lowest BCUT2D eigenvalue weighted by molar-refractivity contribution is 0.0698. The number of anilines is 1. The Kier molecular flexibility index (Phi) is 6.07. The summed E-state index contributed by atoms with van der Waals surface area (Å²) in [5, 5.41) is 14.0. The third kappa shape index (κ3) is 5.09. The van der Waals surface area contributed by atoms with Crippen molar-refractivity contribution >= 4 is 29.5 Å². The van der Waals surface area contributed by atoms with Gasteiger partial charge in [-0.1, -0.05) is 48.0 Å². The summed E-state index contributed by atoms with van der Waals surface area (Å²) in [5.74, 6) is -0.354. The Hall–Kier alpha value is -3.31. The predicted molar refractivity (Wildman–Crippen MR) is 107 cm³/mol. The molecule has 136 valence electrons. The molecule has 2 N–H and O–H groups in total. The first-order chi connectivity index (χ1) is 13.1. The van der Waals surface area contributed by atoms with Crippen molar-refractivity contribution in [1.29, 1.82) is 0 Å². The first-order valence-corrected chi connectivity index (χ1v) is 8.59. The van der Waals surface area contributed by atoms with E-state index in [4.69, 9.17) is 16.3 Å². The standard InChI is InChI=1S/C21H17ClN2O3/c22-17-8-5-6-15(12-17)14-27-20-11-4-1-7-16(20)13-23-24-19-10-3-2-9-18(19)21(25)26/h1-13,24H,14H2,(H,25,26)/b23-13+. The first kappa shape index (κ1) is 18.5. The van der Waals surface area contributed by atoms with E-state index in [0.717, 1.165) is 11.1 Å². The second kappa shape index (κ2) is 8.87. The van der Waals surface area contributed by atoms with Crippen molar-refractivity contribution in [3.05, 3.63) is 94.5 Å². The molecular weight excluding hydrogens is 364 g/mol. The number of hydrogen-bond donors (Lipinski definition) is 2. The maximum Gasteiger partial charge on any atom is 0.337 e. The Bertz CT molecular complexity index is 973. The van der Waals surface area contributed by atoms with E-state index in [9.17, 15) is 9.90 Å². The highest BCUT2D eigenvalue weighted by Gasteiger charge is 2.08. The Morgan fingerprint density at radius 3 is 2.67 bits per heavy atom. The van der Waals surface area contributed by atoms with Crippen LogP contribution in [0.3, 0.4) is 0 Å². The summed E-state index contributed by atoms with van der Waals surface area (Å²) in [4.78, 5) is 11.2. The van der Waals surface area contributed by atoms with Gasteiger partial charge in [-0.25, -0.2) is 4.79 Å². The quantitative estimate of drug-likeness (QED) is 0.443. The van der Waals surface area contributed by atoms with Gasteiger partial charge >= 0.3 is 5.97 Å². The predicted octanol–water partition coefficient (Wildman–Crippen LogP) is 5.06. The van der Waals surface area contributed by atoms with Gasteiger partial charge in [0.25, 0.3) is 0 Å². The number of rotatable bonds is 7. The molecule has 0 saturated heterocycles. The molecule has 27 heavy (non-hydrogen) atoms. The molecule has 0 amide bonds. The number of benzene rings is 3. The highest BCUT2D eigenvalue weighted by atomic mass is 35.5. The fourth-order valence-corrected chi connectivity index (χ4v) is 2.66. The maximum absolute atomic E-state index is 11.2. The summed E-state index contributed by atoms with van der Waals surface area (Å²) in [6.45, 7) is 0.376. The monoisotopic (exact) mass is 380 g/mol. The molecule has 0 heterocycles. The normalized spacial score (nSPS) is 10.7. The smallest absolute Gasteiger partial charge is 0.337 e. The molecule has 0 aliphatic carbocycles. The molecule has 6 heteroatoms. The second-order valence-corrected chi connectivity index (χ2v) is 6.11. The van der Waals surface area contributed by atoms with Crippen LogP contribution in [0.1, 0.15) is 21.5 Å². The van der Waals surface area contributed by atoms with Gasteiger partial charge in [-0.3, -0.25) is 5.43 Å². The number of hydrazone groups is 1. The van der Waals surface area contributed by atoms with E-state index in [1.165, 1.54) is 6.07 Å². The average Bonchev–Trinajstić information content (AvgIpc) is 2.67. The lowest BCUT2D eigenvalue weighted by Gasteiger charge is -2.09. The molecule has 0 aromatic heterocycles. The molecule has 0 spiro atoms. The molecule has 0 aliphatic rings. The highest BCUT2D eigenvalue weighted by molar-refractivity contribution is 6.30. The topological polar surface area (TPSA) is 70.9 Å². The molecule has 5 nitrogen and oxygen atoms in total. The number of para-hydroxylation sites is 2. The SMILES string of the molecule is O=C(O)c1ccccc1N/N=C/c1ccccc1OCc1cccc(Cl)c1. The summed E-state index contributed by atoms with van der Waals surface area (Å²) < 4.78 is 5.87. The number of nitrogens with one attached hydrogen (secondary N) is 1. The van der Waals surface area contributed by atoms with Crippen LogP contribution in [-0.2, 0) is 6.61 Å². The number of carbonyl (C=O) groups is 1. The third-order valence-electron chi connectivity index (χ3n) is 3.75. The van der Waals surface area contributed by atoms with Crippen molar-refractivity contribution in [2.24, 2.45) is 5.10 Å². The van der Waals surface area contributed by atoms with Crippen LogP contribution in [-0.4, -0.2) is 17.3 Å².